The van der Waals surface area contributed by atoms with Crippen LogP contribution in [0.3, 0.4) is 0 Å². The van der Waals surface area contributed by atoms with Crippen LogP contribution < -0.4 is 5.32 Å². The van der Waals surface area contributed by atoms with E-state index in [0.717, 1.165) is 6.42 Å². The molecule has 1 heterocycles. The molecule has 0 aromatic carbocycles. The van der Waals surface area contributed by atoms with Gasteiger partial charge < -0.3 is 10.4 Å². The first-order valence-corrected chi connectivity index (χ1v) is 6.52. The molecule has 1 aliphatic rings. The van der Waals surface area contributed by atoms with Crippen molar-refractivity contribution in [1.82, 2.24) is 10.3 Å². The van der Waals surface area contributed by atoms with Gasteiger partial charge in [0, 0.05) is 12.2 Å². The SMILES string of the molecule is O=C(NC1CCCC1C(=O)O)c1ccc(Br)nc1. The number of pyridine rings is 1. The number of nitrogens with one attached hydrogen (secondary N) is 1. The molecule has 2 atom stereocenters. The fraction of sp³-hybridized carbons (Fsp3) is 0.417. The highest BCUT2D eigenvalue weighted by molar-refractivity contribution is 9.10. The maximum absolute atomic E-state index is 11.9. The number of carboxylic acid groups (broad SMARTS) is 1. The van der Waals surface area contributed by atoms with Crippen molar-refractivity contribution in [3.8, 4) is 0 Å². The molecule has 0 bridgehead atoms. The molecule has 1 saturated carbocycles. The molecule has 1 aromatic heterocycles. The number of aromatic nitrogens is 1. The molecule has 0 saturated heterocycles. The molecular formula is C12H13BrN2O3. The van der Waals surface area contributed by atoms with Crippen LogP contribution >= 0.6 is 15.9 Å². The number of hydrogen-bond acceptors (Lipinski definition) is 3. The first-order chi connectivity index (χ1) is 8.58. The zero-order chi connectivity index (χ0) is 13.1. The van der Waals surface area contributed by atoms with E-state index in [-0.39, 0.29) is 11.9 Å². The first-order valence-electron chi connectivity index (χ1n) is 5.73. The zero-order valence-electron chi connectivity index (χ0n) is 9.60. The normalized spacial score (nSPS) is 22.7. The molecule has 1 amide bonds. The maximum atomic E-state index is 11.9. The third kappa shape index (κ3) is 2.87. The summed E-state index contributed by atoms with van der Waals surface area (Å²) in [6.45, 7) is 0. The van der Waals surface area contributed by atoms with Gasteiger partial charge in [-0.25, -0.2) is 4.98 Å². The third-order valence-electron chi connectivity index (χ3n) is 3.14. The lowest BCUT2D eigenvalue weighted by atomic mass is 10.0. The van der Waals surface area contributed by atoms with Crippen LogP contribution in [0.25, 0.3) is 0 Å². The van der Waals surface area contributed by atoms with Gasteiger partial charge in [-0.15, -0.1) is 0 Å². The molecule has 1 aromatic rings. The van der Waals surface area contributed by atoms with Crippen LogP contribution in [0.2, 0.25) is 0 Å². The molecule has 0 aliphatic heterocycles. The van der Waals surface area contributed by atoms with Crippen molar-refractivity contribution in [3.63, 3.8) is 0 Å². The van der Waals surface area contributed by atoms with Crippen LogP contribution in [0.5, 0.6) is 0 Å². The second-order valence-corrected chi connectivity index (χ2v) is 5.14. The first kappa shape index (κ1) is 13.0. The zero-order valence-corrected chi connectivity index (χ0v) is 11.2. The number of nitrogens with zero attached hydrogens (tertiary/aromatic N) is 1. The number of carboxylic acids is 1. The lowest BCUT2D eigenvalue weighted by molar-refractivity contribution is -0.142. The Morgan fingerprint density at radius 2 is 2.17 bits per heavy atom. The van der Waals surface area contributed by atoms with E-state index in [1.807, 2.05) is 0 Å². The van der Waals surface area contributed by atoms with Gasteiger partial charge in [0.2, 0.25) is 0 Å². The molecule has 96 valence electrons. The monoisotopic (exact) mass is 312 g/mol. The van der Waals surface area contributed by atoms with Crippen LogP contribution in [0.4, 0.5) is 0 Å². The Bertz CT molecular complexity index is 461. The standard InChI is InChI=1S/C12H13BrN2O3/c13-10-5-4-7(6-14-10)11(16)15-9-3-1-2-8(9)12(17)18/h4-6,8-9H,1-3H2,(H,15,16)(H,17,18). The summed E-state index contributed by atoms with van der Waals surface area (Å²) in [6, 6.07) is 3.05. The molecule has 2 rings (SSSR count). The Labute approximate surface area is 113 Å². The summed E-state index contributed by atoms with van der Waals surface area (Å²) in [4.78, 5) is 26.9. The van der Waals surface area contributed by atoms with Crippen molar-refractivity contribution in [2.24, 2.45) is 5.92 Å². The average Bonchev–Trinajstić information content (AvgIpc) is 2.78. The van der Waals surface area contributed by atoms with Gasteiger partial charge in [0.15, 0.2) is 0 Å². The molecule has 0 radical (unpaired) electrons. The average molecular weight is 313 g/mol. The van der Waals surface area contributed by atoms with Crippen molar-refractivity contribution in [2.75, 3.05) is 0 Å². The van der Waals surface area contributed by atoms with Gasteiger partial charge >= 0.3 is 5.97 Å². The predicted molar refractivity (Wildman–Crippen MR) is 68.2 cm³/mol. The van der Waals surface area contributed by atoms with Crippen LogP contribution in [0.15, 0.2) is 22.9 Å². The van der Waals surface area contributed by atoms with E-state index < -0.39 is 11.9 Å². The molecule has 1 fully saturated rings. The van der Waals surface area contributed by atoms with Crippen molar-refractivity contribution in [1.29, 1.82) is 0 Å². The van der Waals surface area contributed by atoms with E-state index in [1.165, 1.54) is 6.20 Å². The van der Waals surface area contributed by atoms with Gasteiger partial charge in [-0.2, -0.15) is 0 Å². The van der Waals surface area contributed by atoms with Crippen molar-refractivity contribution >= 4 is 27.8 Å². The van der Waals surface area contributed by atoms with E-state index in [2.05, 4.69) is 26.2 Å². The highest BCUT2D eigenvalue weighted by Crippen LogP contribution is 2.26. The van der Waals surface area contributed by atoms with E-state index in [9.17, 15) is 9.59 Å². The summed E-state index contributed by atoms with van der Waals surface area (Å²) >= 11 is 3.19. The molecule has 2 N–H and O–H groups in total. The number of halogens is 1. The number of aliphatic carboxylic acids is 1. The number of carbonyl (C=O) groups is 2. The summed E-state index contributed by atoms with van der Waals surface area (Å²) in [7, 11) is 0. The number of carbonyl (C=O) groups excluding carboxylic acids is 1. The van der Waals surface area contributed by atoms with Crippen LogP contribution in [0.1, 0.15) is 29.6 Å². The molecule has 0 spiro atoms. The minimum absolute atomic E-state index is 0.270. The Morgan fingerprint density at radius 1 is 1.39 bits per heavy atom. The van der Waals surface area contributed by atoms with Crippen molar-refractivity contribution in [3.05, 3.63) is 28.5 Å². The lowest BCUT2D eigenvalue weighted by Crippen LogP contribution is -2.40. The number of hydrogen-bond donors (Lipinski definition) is 2. The van der Waals surface area contributed by atoms with Crippen LogP contribution in [-0.4, -0.2) is 28.0 Å². The van der Waals surface area contributed by atoms with Crippen molar-refractivity contribution in [2.45, 2.75) is 25.3 Å². The summed E-state index contributed by atoms with van der Waals surface area (Å²) in [5, 5.41) is 11.8. The molecule has 5 nitrogen and oxygen atoms in total. The number of amides is 1. The predicted octanol–water partition coefficient (Wildman–Crippen LogP) is 1.83. The molecule has 2 unspecified atom stereocenters. The summed E-state index contributed by atoms with van der Waals surface area (Å²) in [5.74, 6) is -1.59. The van der Waals surface area contributed by atoms with Crippen molar-refractivity contribution < 1.29 is 14.7 Å². The Morgan fingerprint density at radius 3 is 2.78 bits per heavy atom. The fourth-order valence-corrected chi connectivity index (χ4v) is 2.42. The van der Waals surface area contributed by atoms with Crippen LogP contribution in [0, 0.1) is 5.92 Å². The van der Waals surface area contributed by atoms with E-state index in [4.69, 9.17) is 5.11 Å². The second kappa shape index (κ2) is 5.48. The van der Waals surface area contributed by atoms with Gasteiger partial charge in [-0.05, 0) is 40.9 Å². The van der Waals surface area contributed by atoms with Gasteiger partial charge in [-0.1, -0.05) is 6.42 Å². The maximum Gasteiger partial charge on any atom is 0.308 e. The lowest BCUT2D eigenvalue weighted by Gasteiger charge is -2.17. The molecule has 18 heavy (non-hydrogen) atoms. The summed E-state index contributed by atoms with van der Waals surface area (Å²) in [6.07, 6.45) is 3.64. The van der Waals surface area contributed by atoms with Gasteiger partial charge in [0.05, 0.1) is 11.5 Å². The molecular weight excluding hydrogens is 300 g/mol. The number of rotatable bonds is 3. The Hall–Kier alpha value is -1.43. The minimum atomic E-state index is -0.841. The van der Waals surface area contributed by atoms with E-state index in [0.29, 0.717) is 23.0 Å². The van der Waals surface area contributed by atoms with Crippen LogP contribution in [-0.2, 0) is 4.79 Å². The second-order valence-electron chi connectivity index (χ2n) is 4.33. The van der Waals surface area contributed by atoms with Gasteiger partial charge in [0.25, 0.3) is 5.91 Å². The highest BCUT2D eigenvalue weighted by atomic mass is 79.9. The van der Waals surface area contributed by atoms with Gasteiger partial charge in [0.1, 0.15) is 4.60 Å². The van der Waals surface area contributed by atoms with E-state index >= 15 is 0 Å². The Kier molecular flexibility index (Phi) is 3.96. The minimum Gasteiger partial charge on any atom is -0.481 e. The highest BCUT2D eigenvalue weighted by Gasteiger charge is 2.33. The quantitative estimate of drug-likeness (QED) is 0.834. The smallest absolute Gasteiger partial charge is 0.308 e. The topological polar surface area (TPSA) is 79.3 Å². The van der Waals surface area contributed by atoms with Gasteiger partial charge in [-0.3, -0.25) is 9.59 Å². The largest absolute Gasteiger partial charge is 0.481 e. The van der Waals surface area contributed by atoms with E-state index in [1.54, 1.807) is 12.1 Å². The summed E-state index contributed by atoms with van der Waals surface area (Å²) < 4.78 is 0.656. The molecule has 6 heteroatoms. The Balaban J connectivity index is 2.03. The fourth-order valence-electron chi connectivity index (χ4n) is 2.19. The molecule has 1 aliphatic carbocycles. The third-order valence-corrected chi connectivity index (χ3v) is 3.61. The summed E-state index contributed by atoms with van der Waals surface area (Å²) in [5.41, 5.74) is 0.439.